The van der Waals surface area contributed by atoms with Crippen molar-refractivity contribution in [3.05, 3.63) is 102 Å². The molecule has 0 bridgehead atoms. The molecule has 1 aliphatic rings. The first-order chi connectivity index (χ1) is 16.1. The Labute approximate surface area is 189 Å². The van der Waals surface area contributed by atoms with Gasteiger partial charge in [0, 0.05) is 29.7 Å². The fraction of sp³-hybridized carbons (Fsp3) is 0.0800. The van der Waals surface area contributed by atoms with E-state index in [0.717, 1.165) is 11.3 Å². The normalized spacial score (nSPS) is 11.8. The van der Waals surface area contributed by atoms with E-state index in [0.29, 0.717) is 35.0 Å². The molecule has 0 spiro atoms. The monoisotopic (exact) mass is 440 g/mol. The zero-order valence-electron chi connectivity index (χ0n) is 17.5. The van der Waals surface area contributed by atoms with Crippen molar-refractivity contribution in [3.63, 3.8) is 0 Å². The van der Waals surface area contributed by atoms with Crippen LogP contribution in [0.1, 0.15) is 26.4 Å². The van der Waals surface area contributed by atoms with E-state index in [4.69, 9.17) is 9.47 Å². The average Bonchev–Trinajstić information content (AvgIpc) is 3.50. The van der Waals surface area contributed by atoms with E-state index < -0.39 is 0 Å². The van der Waals surface area contributed by atoms with E-state index in [1.165, 1.54) is 0 Å². The van der Waals surface area contributed by atoms with Crippen LogP contribution in [0.3, 0.4) is 0 Å². The maximum Gasteiger partial charge on any atom is 0.275 e. The molecule has 2 amide bonds. The number of nitrogens with one attached hydrogen (secondary N) is 2. The third-order valence-electron chi connectivity index (χ3n) is 5.11. The number of benzene rings is 3. The minimum Gasteiger partial charge on any atom is -0.454 e. The Morgan fingerprint density at radius 3 is 2.39 bits per heavy atom. The molecule has 0 unspecified atom stereocenters. The van der Waals surface area contributed by atoms with Gasteiger partial charge in [0.15, 0.2) is 11.5 Å². The highest BCUT2D eigenvalue weighted by Gasteiger charge is 2.16. The van der Waals surface area contributed by atoms with Crippen LogP contribution < -0.4 is 20.1 Å². The van der Waals surface area contributed by atoms with E-state index in [1.807, 2.05) is 59.2 Å². The Morgan fingerprint density at radius 1 is 0.848 bits per heavy atom. The number of ether oxygens (including phenoxy) is 2. The number of amides is 2. The Morgan fingerprint density at radius 2 is 1.58 bits per heavy atom. The molecule has 0 aliphatic carbocycles. The number of anilines is 2. The number of carbonyl (C=O) groups excluding carboxylic acids is 2. The average molecular weight is 440 g/mol. The van der Waals surface area contributed by atoms with Crippen LogP contribution in [0, 0.1) is 0 Å². The lowest BCUT2D eigenvalue weighted by Crippen LogP contribution is -2.12. The van der Waals surface area contributed by atoms with Crippen LogP contribution in [0.25, 0.3) is 0 Å². The summed E-state index contributed by atoms with van der Waals surface area (Å²) in [4.78, 5) is 29.1. The number of imidazole rings is 1. The molecule has 5 rings (SSSR count). The lowest BCUT2D eigenvalue weighted by molar-refractivity contribution is 0.101. The largest absolute Gasteiger partial charge is 0.454 e. The van der Waals surface area contributed by atoms with Gasteiger partial charge in [-0.1, -0.05) is 30.3 Å². The zero-order chi connectivity index (χ0) is 22.6. The minimum atomic E-state index is -0.262. The van der Waals surface area contributed by atoms with Crippen LogP contribution >= 0.6 is 0 Å². The summed E-state index contributed by atoms with van der Waals surface area (Å²) >= 11 is 0. The number of aromatic nitrogens is 2. The molecule has 0 atom stereocenters. The fourth-order valence-electron chi connectivity index (χ4n) is 3.43. The molecular formula is C25H20N4O4. The van der Waals surface area contributed by atoms with Crippen LogP contribution in [0.5, 0.6) is 11.5 Å². The van der Waals surface area contributed by atoms with Crippen LogP contribution in [0.4, 0.5) is 11.4 Å². The van der Waals surface area contributed by atoms with Crippen molar-refractivity contribution in [3.8, 4) is 11.5 Å². The molecule has 1 aliphatic heterocycles. The molecule has 2 heterocycles. The molecule has 0 saturated heterocycles. The molecule has 2 N–H and O–H groups in total. The molecule has 33 heavy (non-hydrogen) atoms. The lowest BCUT2D eigenvalue weighted by atomic mass is 10.1. The van der Waals surface area contributed by atoms with Gasteiger partial charge in [0.25, 0.3) is 11.8 Å². The summed E-state index contributed by atoms with van der Waals surface area (Å²) in [5.74, 6) is 0.706. The van der Waals surface area contributed by atoms with Crippen LogP contribution in [0.15, 0.2) is 85.3 Å². The zero-order valence-corrected chi connectivity index (χ0v) is 17.5. The molecule has 0 radical (unpaired) electrons. The number of nitrogens with zero attached hydrogens (tertiary/aromatic N) is 2. The number of hydrogen-bond donors (Lipinski definition) is 2. The standard InChI is InChI=1S/C25H20N4O4/c30-24(18-8-11-22-23(12-18)33-16-32-22)27-20-9-6-17(7-10-20)13-29-14-21(26-15-29)25(31)28-19-4-2-1-3-5-19/h1-12,14-15H,13,16H2,(H,27,30)(H,28,31). The minimum absolute atomic E-state index is 0.165. The lowest BCUT2D eigenvalue weighted by Gasteiger charge is -2.08. The van der Waals surface area contributed by atoms with E-state index in [2.05, 4.69) is 15.6 Å². The first-order valence-corrected chi connectivity index (χ1v) is 10.3. The van der Waals surface area contributed by atoms with E-state index in [-0.39, 0.29) is 18.6 Å². The van der Waals surface area contributed by atoms with Crippen molar-refractivity contribution in [2.24, 2.45) is 0 Å². The second-order valence-electron chi connectivity index (χ2n) is 7.47. The van der Waals surface area contributed by atoms with Gasteiger partial charge in [0.2, 0.25) is 6.79 Å². The number of hydrogen-bond acceptors (Lipinski definition) is 5. The summed E-state index contributed by atoms with van der Waals surface area (Å²) in [6.45, 7) is 0.708. The summed E-state index contributed by atoms with van der Waals surface area (Å²) in [5, 5.41) is 5.69. The van der Waals surface area contributed by atoms with Crippen LogP contribution in [0.2, 0.25) is 0 Å². The predicted molar refractivity (Wildman–Crippen MR) is 123 cm³/mol. The summed E-state index contributed by atoms with van der Waals surface area (Å²) in [6.07, 6.45) is 3.32. The molecule has 3 aromatic carbocycles. The SMILES string of the molecule is O=C(Nc1ccc(Cn2cnc(C(=O)Nc3ccccc3)c2)cc1)c1ccc2c(c1)OCO2. The Kier molecular flexibility index (Phi) is 5.47. The quantitative estimate of drug-likeness (QED) is 0.469. The van der Waals surface area contributed by atoms with Crippen molar-refractivity contribution in [1.29, 1.82) is 0 Å². The molecule has 164 valence electrons. The second-order valence-corrected chi connectivity index (χ2v) is 7.47. The summed E-state index contributed by atoms with van der Waals surface area (Å²) < 4.78 is 12.4. The van der Waals surface area contributed by atoms with Gasteiger partial charge in [-0.2, -0.15) is 0 Å². The number of fused-ring (bicyclic) bond motifs is 1. The summed E-state index contributed by atoms with van der Waals surface area (Å²) in [5.41, 5.74) is 3.23. The highest BCUT2D eigenvalue weighted by atomic mass is 16.7. The maximum absolute atomic E-state index is 12.5. The van der Waals surface area contributed by atoms with Crippen molar-refractivity contribution >= 4 is 23.2 Å². The molecule has 1 aromatic heterocycles. The van der Waals surface area contributed by atoms with Gasteiger partial charge in [-0.3, -0.25) is 9.59 Å². The maximum atomic E-state index is 12.5. The topological polar surface area (TPSA) is 94.5 Å². The molecule has 8 nitrogen and oxygen atoms in total. The molecule has 0 saturated carbocycles. The van der Waals surface area contributed by atoms with E-state index >= 15 is 0 Å². The van der Waals surface area contributed by atoms with Crippen molar-refractivity contribution < 1.29 is 19.1 Å². The first kappa shape index (κ1) is 20.3. The second kappa shape index (κ2) is 8.88. The third kappa shape index (κ3) is 4.69. The molecule has 8 heteroatoms. The van der Waals surface area contributed by atoms with Gasteiger partial charge < -0.3 is 24.7 Å². The summed E-state index contributed by atoms with van der Waals surface area (Å²) in [6, 6.07) is 21.8. The first-order valence-electron chi connectivity index (χ1n) is 10.3. The highest BCUT2D eigenvalue weighted by Crippen LogP contribution is 2.32. The van der Waals surface area contributed by atoms with Gasteiger partial charge in [-0.25, -0.2) is 4.98 Å². The van der Waals surface area contributed by atoms with Gasteiger partial charge >= 0.3 is 0 Å². The van der Waals surface area contributed by atoms with E-state index in [9.17, 15) is 9.59 Å². The number of carbonyl (C=O) groups is 2. The molecule has 4 aromatic rings. The van der Waals surface area contributed by atoms with Crippen LogP contribution in [-0.2, 0) is 6.54 Å². The Balaban J connectivity index is 1.19. The summed E-state index contributed by atoms with van der Waals surface area (Å²) in [7, 11) is 0. The van der Waals surface area contributed by atoms with E-state index in [1.54, 1.807) is 30.7 Å². The predicted octanol–water partition coefficient (Wildman–Crippen LogP) is 4.16. The van der Waals surface area contributed by atoms with Crippen molar-refractivity contribution in [2.45, 2.75) is 6.54 Å². The highest BCUT2D eigenvalue weighted by molar-refractivity contribution is 6.04. The molecule has 0 fully saturated rings. The Bertz CT molecular complexity index is 1300. The van der Waals surface area contributed by atoms with Crippen molar-refractivity contribution in [1.82, 2.24) is 9.55 Å². The number of rotatable bonds is 6. The Hall–Kier alpha value is -4.59. The van der Waals surface area contributed by atoms with Crippen LogP contribution in [-0.4, -0.2) is 28.2 Å². The van der Waals surface area contributed by atoms with Gasteiger partial charge in [0.05, 0.1) is 6.33 Å². The molecular weight excluding hydrogens is 420 g/mol. The van der Waals surface area contributed by atoms with Gasteiger partial charge in [-0.15, -0.1) is 0 Å². The third-order valence-corrected chi connectivity index (χ3v) is 5.11. The fourth-order valence-corrected chi connectivity index (χ4v) is 3.43. The van der Waals surface area contributed by atoms with Crippen molar-refractivity contribution in [2.75, 3.05) is 17.4 Å². The smallest absolute Gasteiger partial charge is 0.275 e. The van der Waals surface area contributed by atoms with Gasteiger partial charge in [-0.05, 0) is 48.0 Å². The van der Waals surface area contributed by atoms with Gasteiger partial charge in [0.1, 0.15) is 5.69 Å². The number of para-hydroxylation sites is 1.